The second-order valence-electron chi connectivity index (χ2n) is 10.3. The van der Waals surface area contributed by atoms with Gasteiger partial charge < -0.3 is 4.90 Å². The van der Waals surface area contributed by atoms with Crippen LogP contribution in [0.15, 0.2) is 61.6 Å². The molecule has 5 aromatic rings. The van der Waals surface area contributed by atoms with Gasteiger partial charge in [0, 0.05) is 60.5 Å². The molecule has 38 heavy (non-hydrogen) atoms. The summed E-state index contributed by atoms with van der Waals surface area (Å²) in [6.07, 6.45) is 14.6. The SMILES string of the molecule is CC(C)n1cc(-c2cn3ncc(C#N)c3c(-c3ccc(N4CCC(C)(c5ncccn5)CC4)nc3)n2)cn1. The lowest BCUT2D eigenvalue weighted by Gasteiger charge is -2.38. The molecule has 0 atom stereocenters. The molecule has 1 aliphatic heterocycles. The Balaban J connectivity index is 1.30. The smallest absolute Gasteiger partial charge is 0.134 e. The van der Waals surface area contributed by atoms with Gasteiger partial charge in [0.1, 0.15) is 28.8 Å². The summed E-state index contributed by atoms with van der Waals surface area (Å²) in [4.78, 5) is 21.1. The second-order valence-corrected chi connectivity index (χ2v) is 10.3. The summed E-state index contributed by atoms with van der Waals surface area (Å²) in [5.41, 5.74) is 4.22. The monoisotopic (exact) mass is 504 g/mol. The Morgan fingerprint density at radius 3 is 2.39 bits per heavy atom. The summed E-state index contributed by atoms with van der Waals surface area (Å²) >= 11 is 0. The number of nitriles is 1. The van der Waals surface area contributed by atoms with Crippen molar-refractivity contribution in [3.8, 4) is 28.6 Å². The van der Waals surface area contributed by atoms with Crippen molar-refractivity contribution in [2.45, 2.75) is 45.1 Å². The average Bonchev–Trinajstić information content (AvgIpc) is 3.62. The summed E-state index contributed by atoms with van der Waals surface area (Å²) in [5, 5.41) is 18.6. The van der Waals surface area contributed by atoms with Gasteiger partial charge in [0.15, 0.2) is 0 Å². The fourth-order valence-electron chi connectivity index (χ4n) is 4.97. The van der Waals surface area contributed by atoms with E-state index in [-0.39, 0.29) is 11.5 Å². The zero-order valence-corrected chi connectivity index (χ0v) is 21.7. The maximum Gasteiger partial charge on any atom is 0.134 e. The zero-order valence-electron chi connectivity index (χ0n) is 21.7. The Morgan fingerprint density at radius 2 is 1.74 bits per heavy atom. The van der Waals surface area contributed by atoms with E-state index in [4.69, 9.17) is 9.97 Å². The molecule has 0 aliphatic carbocycles. The molecule has 10 heteroatoms. The third kappa shape index (κ3) is 4.16. The van der Waals surface area contributed by atoms with Gasteiger partial charge in [-0.1, -0.05) is 6.92 Å². The lowest BCUT2D eigenvalue weighted by molar-refractivity contribution is 0.342. The van der Waals surface area contributed by atoms with Crippen LogP contribution in [0.2, 0.25) is 0 Å². The molecular formula is C28H28N10. The predicted molar refractivity (Wildman–Crippen MR) is 143 cm³/mol. The first-order valence-corrected chi connectivity index (χ1v) is 12.8. The largest absolute Gasteiger partial charge is 0.357 e. The summed E-state index contributed by atoms with van der Waals surface area (Å²) in [7, 11) is 0. The van der Waals surface area contributed by atoms with Crippen molar-refractivity contribution in [1.82, 2.24) is 39.3 Å². The number of anilines is 1. The highest BCUT2D eigenvalue weighted by Gasteiger charge is 2.34. The maximum absolute atomic E-state index is 9.71. The van der Waals surface area contributed by atoms with E-state index in [1.807, 2.05) is 53.9 Å². The summed E-state index contributed by atoms with van der Waals surface area (Å²) < 4.78 is 3.61. The predicted octanol–water partition coefficient (Wildman–Crippen LogP) is 4.46. The van der Waals surface area contributed by atoms with Crippen molar-refractivity contribution < 1.29 is 0 Å². The van der Waals surface area contributed by atoms with Gasteiger partial charge in [0.25, 0.3) is 0 Å². The zero-order chi connectivity index (χ0) is 26.3. The molecule has 1 fully saturated rings. The van der Waals surface area contributed by atoms with Crippen LogP contribution in [0.3, 0.4) is 0 Å². The Hall–Kier alpha value is -4.65. The van der Waals surface area contributed by atoms with Gasteiger partial charge in [-0.25, -0.2) is 24.5 Å². The molecule has 6 rings (SSSR count). The molecule has 190 valence electrons. The summed E-state index contributed by atoms with van der Waals surface area (Å²) in [6.45, 7) is 8.15. The number of rotatable bonds is 5. The lowest BCUT2D eigenvalue weighted by Crippen LogP contribution is -2.42. The highest BCUT2D eigenvalue weighted by Crippen LogP contribution is 2.35. The van der Waals surface area contributed by atoms with Crippen molar-refractivity contribution in [1.29, 1.82) is 5.26 Å². The fraction of sp³-hybridized carbons (Fsp3) is 0.321. The molecule has 6 heterocycles. The molecule has 0 radical (unpaired) electrons. The molecule has 0 unspecified atom stereocenters. The Labute approximate surface area is 220 Å². The highest BCUT2D eigenvalue weighted by atomic mass is 15.3. The van der Waals surface area contributed by atoms with Crippen LogP contribution >= 0.6 is 0 Å². The van der Waals surface area contributed by atoms with Crippen LogP contribution in [0.5, 0.6) is 0 Å². The maximum atomic E-state index is 9.71. The minimum atomic E-state index is -0.0350. The molecule has 0 N–H and O–H groups in total. The van der Waals surface area contributed by atoms with E-state index in [1.165, 1.54) is 0 Å². The first-order chi connectivity index (χ1) is 18.4. The first-order valence-electron chi connectivity index (χ1n) is 12.8. The van der Waals surface area contributed by atoms with Crippen LogP contribution in [0.25, 0.3) is 28.0 Å². The number of hydrogen-bond acceptors (Lipinski definition) is 8. The fourth-order valence-corrected chi connectivity index (χ4v) is 4.97. The van der Waals surface area contributed by atoms with Gasteiger partial charge in [-0.15, -0.1) is 0 Å². The molecule has 0 aromatic carbocycles. The van der Waals surface area contributed by atoms with E-state index in [0.717, 1.165) is 54.4 Å². The number of fused-ring (bicyclic) bond motifs is 1. The second kappa shape index (κ2) is 9.34. The molecule has 10 nitrogen and oxygen atoms in total. The van der Waals surface area contributed by atoms with Crippen molar-refractivity contribution in [3.63, 3.8) is 0 Å². The average molecular weight is 505 g/mol. The normalized spacial score (nSPS) is 15.2. The Kier molecular flexibility index (Phi) is 5.83. The third-order valence-corrected chi connectivity index (χ3v) is 7.36. The van der Waals surface area contributed by atoms with Crippen LogP contribution < -0.4 is 4.90 Å². The van der Waals surface area contributed by atoms with Crippen molar-refractivity contribution >= 4 is 11.3 Å². The number of pyridine rings is 1. The van der Waals surface area contributed by atoms with Gasteiger partial charge in [-0.05, 0) is 44.9 Å². The molecule has 0 bridgehead atoms. The van der Waals surface area contributed by atoms with Crippen LogP contribution in [-0.4, -0.2) is 52.4 Å². The lowest BCUT2D eigenvalue weighted by atomic mass is 9.79. The molecule has 0 saturated carbocycles. The van der Waals surface area contributed by atoms with Gasteiger partial charge in [0.05, 0.1) is 30.0 Å². The number of nitrogens with zero attached hydrogens (tertiary/aromatic N) is 10. The van der Waals surface area contributed by atoms with E-state index in [2.05, 4.69) is 51.9 Å². The van der Waals surface area contributed by atoms with E-state index in [1.54, 1.807) is 16.9 Å². The first kappa shape index (κ1) is 23.7. The number of hydrogen-bond donors (Lipinski definition) is 0. The van der Waals surface area contributed by atoms with E-state index >= 15 is 0 Å². The van der Waals surface area contributed by atoms with Crippen LogP contribution in [-0.2, 0) is 5.41 Å². The highest BCUT2D eigenvalue weighted by molar-refractivity contribution is 5.83. The van der Waals surface area contributed by atoms with E-state index < -0.39 is 0 Å². The van der Waals surface area contributed by atoms with Crippen LogP contribution in [0.4, 0.5) is 5.82 Å². The molecule has 0 spiro atoms. The Morgan fingerprint density at radius 1 is 0.947 bits per heavy atom. The molecular weight excluding hydrogens is 476 g/mol. The quantitative estimate of drug-likeness (QED) is 0.345. The minimum Gasteiger partial charge on any atom is -0.357 e. The minimum absolute atomic E-state index is 0.0350. The summed E-state index contributed by atoms with van der Waals surface area (Å²) in [6, 6.07) is 8.39. The van der Waals surface area contributed by atoms with Crippen LogP contribution in [0.1, 0.15) is 51.0 Å². The van der Waals surface area contributed by atoms with E-state index in [9.17, 15) is 5.26 Å². The van der Waals surface area contributed by atoms with Gasteiger partial charge in [0.2, 0.25) is 0 Å². The van der Waals surface area contributed by atoms with Crippen molar-refractivity contribution in [2.24, 2.45) is 0 Å². The third-order valence-electron chi connectivity index (χ3n) is 7.36. The van der Waals surface area contributed by atoms with Gasteiger partial charge in [-0.2, -0.15) is 15.5 Å². The van der Waals surface area contributed by atoms with Gasteiger partial charge >= 0.3 is 0 Å². The van der Waals surface area contributed by atoms with Gasteiger partial charge in [-0.3, -0.25) is 4.68 Å². The molecule has 1 aliphatic rings. The van der Waals surface area contributed by atoms with Crippen molar-refractivity contribution in [2.75, 3.05) is 18.0 Å². The topological polar surface area (TPSA) is 114 Å². The van der Waals surface area contributed by atoms with Crippen molar-refractivity contribution in [3.05, 3.63) is 73.0 Å². The Bertz CT molecular complexity index is 1620. The van der Waals surface area contributed by atoms with E-state index in [0.29, 0.717) is 16.8 Å². The molecule has 0 amide bonds. The number of aromatic nitrogens is 8. The number of piperidine rings is 1. The molecule has 1 saturated heterocycles. The molecule has 5 aromatic heterocycles. The standard InChI is InChI=1S/C28H28N10/c1-19(2)37-17-22(16-33-37)23-18-38-26(21(13-29)15-34-38)25(35-23)20-5-6-24(32-14-20)36-11-7-28(3,8-12-36)27-30-9-4-10-31-27/h4-6,9-10,14-19H,7-8,11-12H2,1-3H3. The van der Waals surface area contributed by atoms with Crippen LogP contribution in [0, 0.1) is 11.3 Å². The summed E-state index contributed by atoms with van der Waals surface area (Å²) in [5.74, 6) is 1.83.